The zero-order chi connectivity index (χ0) is 13.9. The molecule has 0 radical (unpaired) electrons. The molecule has 20 heavy (non-hydrogen) atoms. The van der Waals surface area contributed by atoms with Crippen LogP contribution >= 0.6 is 23.5 Å². The van der Waals surface area contributed by atoms with Crippen LogP contribution in [-0.4, -0.2) is 27.8 Å². The normalized spacial score (nSPS) is 27.1. The molecular weight excluding hydrogens is 284 g/mol. The summed E-state index contributed by atoms with van der Waals surface area (Å²) in [4.78, 5) is 12.8. The van der Waals surface area contributed by atoms with Crippen molar-refractivity contribution >= 4 is 29.3 Å². The lowest BCUT2D eigenvalue weighted by atomic mass is 9.79. The Bertz CT molecular complexity index is 482. The number of hydrogen-bond donors (Lipinski definition) is 0. The molecule has 1 aromatic carbocycles. The van der Waals surface area contributed by atoms with E-state index in [4.69, 9.17) is 0 Å². The molecule has 2 fully saturated rings. The molecule has 1 aromatic rings. The summed E-state index contributed by atoms with van der Waals surface area (Å²) in [5.74, 6) is 3.36. The number of carbonyl (C=O) groups excluding carboxylic acids is 1. The second-order valence-electron chi connectivity index (χ2n) is 5.73. The van der Waals surface area contributed by atoms with Crippen molar-refractivity contribution in [2.45, 2.75) is 49.0 Å². The average Bonchev–Trinajstić information content (AvgIpc) is 2.45. The van der Waals surface area contributed by atoms with E-state index in [9.17, 15) is 4.79 Å². The zero-order valence-electron chi connectivity index (χ0n) is 12.0. The molecule has 0 spiro atoms. The summed E-state index contributed by atoms with van der Waals surface area (Å²) in [7, 11) is 0. The van der Waals surface area contributed by atoms with E-state index in [2.05, 4.69) is 25.1 Å². The molecule has 1 aliphatic heterocycles. The molecule has 0 amide bonds. The van der Waals surface area contributed by atoms with E-state index in [0.717, 1.165) is 17.7 Å². The van der Waals surface area contributed by atoms with E-state index in [-0.39, 0.29) is 5.25 Å². The molecule has 0 aromatic heterocycles. The van der Waals surface area contributed by atoms with E-state index in [1.54, 1.807) is 0 Å². The first-order valence-corrected chi connectivity index (χ1v) is 9.76. The quantitative estimate of drug-likeness (QED) is 0.746. The van der Waals surface area contributed by atoms with Crippen LogP contribution in [0.2, 0.25) is 0 Å². The second kappa shape index (κ2) is 6.57. The van der Waals surface area contributed by atoms with Gasteiger partial charge in [0, 0.05) is 22.3 Å². The van der Waals surface area contributed by atoms with Crippen LogP contribution in [0.25, 0.3) is 0 Å². The van der Waals surface area contributed by atoms with Gasteiger partial charge in [-0.15, -0.1) is 11.8 Å². The van der Waals surface area contributed by atoms with Crippen LogP contribution in [0.4, 0.5) is 0 Å². The van der Waals surface area contributed by atoms with Gasteiger partial charge in [0.25, 0.3) is 0 Å². The topological polar surface area (TPSA) is 17.1 Å². The first kappa shape index (κ1) is 14.5. The molecule has 2 aliphatic rings. The molecule has 1 heterocycles. The van der Waals surface area contributed by atoms with Crippen molar-refractivity contribution in [3.8, 4) is 0 Å². The van der Waals surface area contributed by atoms with Crippen molar-refractivity contribution in [2.75, 3.05) is 11.5 Å². The largest absolute Gasteiger partial charge is 0.293 e. The smallest absolute Gasteiger partial charge is 0.176 e. The molecular formula is C17H22OS2. The SMILES string of the molecule is CCC1SCCSC1C(=O)c1cccc(C2CCC2)c1. The van der Waals surface area contributed by atoms with Gasteiger partial charge in [0.2, 0.25) is 0 Å². The van der Waals surface area contributed by atoms with Crippen LogP contribution < -0.4 is 0 Å². The zero-order valence-corrected chi connectivity index (χ0v) is 13.6. The van der Waals surface area contributed by atoms with Crippen LogP contribution in [0.15, 0.2) is 24.3 Å². The maximum atomic E-state index is 12.8. The number of benzene rings is 1. The van der Waals surface area contributed by atoms with Gasteiger partial charge in [-0.3, -0.25) is 4.79 Å². The van der Waals surface area contributed by atoms with Crippen molar-refractivity contribution in [3.63, 3.8) is 0 Å². The maximum Gasteiger partial charge on any atom is 0.176 e. The number of hydrogen-bond acceptors (Lipinski definition) is 3. The molecule has 3 rings (SSSR count). The number of ketones is 1. The van der Waals surface area contributed by atoms with Crippen LogP contribution in [0.5, 0.6) is 0 Å². The monoisotopic (exact) mass is 306 g/mol. The van der Waals surface area contributed by atoms with Crippen molar-refractivity contribution in [1.29, 1.82) is 0 Å². The number of rotatable bonds is 4. The van der Waals surface area contributed by atoms with E-state index in [1.807, 2.05) is 29.6 Å². The van der Waals surface area contributed by atoms with Crippen molar-refractivity contribution in [3.05, 3.63) is 35.4 Å². The van der Waals surface area contributed by atoms with Crippen molar-refractivity contribution < 1.29 is 4.79 Å². The first-order valence-electron chi connectivity index (χ1n) is 7.67. The van der Waals surface area contributed by atoms with Gasteiger partial charge >= 0.3 is 0 Å². The Morgan fingerprint density at radius 3 is 2.75 bits per heavy atom. The fourth-order valence-corrected chi connectivity index (χ4v) is 6.02. The Morgan fingerprint density at radius 2 is 2.05 bits per heavy atom. The Balaban J connectivity index is 1.78. The number of thioether (sulfide) groups is 2. The highest BCUT2D eigenvalue weighted by atomic mass is 32.2. The molecule has 0 N–H and O–H groups in total. The lowest BCUT2D eigenvalue weighted by molar-refractivity contribution is 0.0987. The predicted molar refractivity (Wildman–Crippen MR) is 90.1 cm³/mol. The molecule has 3 heteroatoms. The van der Waals surface area contributed by atoms with Gasteiger partial charge in [0.1, 0.15) is 0 Å². The van der Waals surface area contributed by atoms with Crippen molar-refractivity contribution in [2.24, 2.45) is 0 Å². The van der Waals surface area contributed by atoms with Gasteiger partial charge in [0.15, 0.2) is 5.78 Å². The van der Waals surface area contributed by atoms with E-state index in [0.29, 0.717) is 17.0 Å². The Morgan fingerprint density at radius 1 is 1.25 bits per heavy atom. The summed E-state index contributed by atoms with van der Waals surface area (Å²) in [6.07, 6.45) is 5.03. The Kier molecular flexibility index (Phi) is 4.77. The number of carbonyl (C=O) groups is 1. The molecule has 1 saturated carbocycles. The predicted octanol–water partition coefficient (Wildman–Crippen LogP) is 4.76. The first-order chi connectivity index (χ1) is 9.79. The Hall–Kier alpha value is -0.410. The molecule has 2 atom stereocenters. The number of Topliss-reactive ketones (excluding diaryl/α,β-unsaturated/α-hetero) is 1. The summed E-state index contributed by atoms with van der Waals surface area (Å²) >= 11 is 3.84. The molecule has 2 unspecified atom stereocenters. The van der Waals surface area contributed by atoms with E-state index < -0.39 is 0 Å². The lowest BCUT2D eigenvalue weighted by Gasteiger charge is -2.29. The van der Waals surface area contributed by atoms with Gasteiger partial charge < -0.3 is 0 Å². The highest BCUT2D eigenvalue weighted by Gasteiger charge is 2.32. The summed E-state index contributed by atoms with van der Waals surface area (Å²) in [5.41, 5.74) is 2.32. The highest BCUT2D eigenvalue weighted by Crippen LogP contribution is 2.38. The fourth-order valence-electron chi connectivity index (χ4n) is 3.00. The third-order valence-electron chi connectivity index (χ3n) is 4.46. The van der Waals surface area contributed by atoms with Crippen LogP contribution in [-0.2, 0) is 0 Å². The van der Waals surface area contributed by atoms with Gasteiger partial charge in [-0.25, -0.2) is 0 Å². The van der Waals surface area contributed by atoms with E-state index in [1.165, 1.54) is 30.6 Å². The molecule has 1 saturated heterocycles. The summed E-state index contributed by atoms with van der Waals surface area (Å²) in [5, 5.41) is 0.656. The molecule has 0 bridgehead atoms. The van der Waals surface area contributed by atoms with Crippen LogP contribution in [0, 0.1) is 0 Å². The van der Waals surface area contributed by atoms with Gasteiger partial charge in [-0.05, 0) is 36.8 Å². The maximum absolute atomic E-state index is 12.8. The summed E-state index contributed by atoms with van der Waals surface area (Å²) in [6, 6.07) is 8.44. The third-order valence-corrected chi connectivity index (χ3v) is 7.70. The summed E-state index contributed by atoms with van der Waals surface area (Å²) < 4.78 is 0. The third kappa shape index (κ3) is 2.94. The minimum Gasteiger partial charge on any atom is -0.293 e. The highest BCUT2D eigenvalue weighted by molar-refractivity contribution is 8.07. The van der Waals surface area contributed by atoms with Crippen LogP contribution in [0.1, 0.15) is 54.4 Å². The standard InChI is InChI=1S/C17H22OS2/c1-2-15-17(20-10-9-19-15)16(18)14-8-4-7-13(11-14)12-5-3-6-12/h4,7-8,11-12,15,17H,2-3,5-6,9-10H2,1H3. The molecule has 1 nitrogen and oxygen atoms in total. The fraction of sp³-hybridized carbons (Fsp3) is 0.588. The molecule has 1 aliphatic carbocycles. The summed E-state index contributed by atoms with van der Waals surface area (Å²) in [6.45, 7) is 2.20. The minimum absolute atomic E-state index is 0.162. The Labute approximate surface area is 130 Å². The van der Waals surface area contributed by atoms with Gasteiger partial charge in [-0.1, -0.05) is 31.5 Å². The minimum atomic E-state index is 0.162. The molecule has 108 valence electrons. The van der Waals surface area contributed by atoms with Crippen LogP contribution in [0.3, 0.4) is 0 Å². The van der Waals surface area contributed by atoms with Crippen molar-refractivity contribution in [1.82, 2.24) is 0 Å². The second-order valence-corrected chi connectivity index (χ2v) is 8.32. The van der Waals surface area contributed by atoms with E-state index >= 15 is 0 Å². The van der Waals surface area contributed by atoms with Gasteiger partial charge in [0.05, 0.1) is 5.25 Å². The lowest BCUT2D eigenvalue weighted by Crippen LogP contribution is -2.32. The van der Waals surface area contributed by atoms with Gasteiger partial charge in [-0.2, -0.15) is 11.8 Å². The average molecular weight is 306 g/mol.